The number of rotatable bonds is 5. The molecule has 1 heterocycles. The summed E-state index contributed by atoms with van der Waals surface area (Å²) in [7, 11) is 1.60. The van der Waals surface area contributed by atoms with E-state index >= 15 is 0 Å². The summed E-state index contributed by atoms with van der Waals surface area (Å²) >= 11 is 1.40. The van der Waals surface area contributed by atoms with Crippen molar-refractivity contribution in [3.05, 3.63) is 23.8 Å². The van der Waals surface area contributed by atoms with Crippen molar-refractivity contribution in [3.8, 4) is 5.75 Å². The fourth-order valence-electron chi connectivity index (χ4n) is 1.84. The van der Waals surface area contributed by atoms with E-state index in [9.17, 15) is 0 Å². The molecule has 1 fully saturated rings. The van der Waals surface area contributed by atoms with E-state index in [4.69, 9.17) is 15.9 Å². The first kappa shape index (κ1) is 12.9. The van der Waals surface area contributed by atoms with Crippen molar-refractivity contribution in [2.45, 2.75) is 28.9 Å². The van der Waals surface area contributed by atoms with Crippen molar-refractivity contribution in [1.82, 2.24) is 20.2 Å². The molecule has 1 aliphatic rings. The Morgan fingerprint density at radius 3 is 2.95 bits per heavy atom. The second kappa shape index (κ2) is 5.12. The number of benzene rings is 1. The Hall–Kier alpha value is -2.09. The number of ether oxygens (including phenoxy) is 1. The van der Waals surface area contributed by atoms with Crippen LogP contribution in [0.2, 0.25) is 0 Å². The Kier molecular flexibility index (Phi) is 3.31. The summed E-state index contributed by atoms with van der Waals surface area (Å²) in [6.07, 6.45) is 2.21. The fraction of sp³-hybridized carbons (Fsp3) is 0.333. The monoisotopic (exact) mass is 290 g/mol. The first-order chi connectivity index (χ1) is 9.69. The Bertz CT molecular complexity index is 651. The summed E-state index contributed by atoms with van der Waals surface area (Å²) in [5.74, 6) is 0.726. The standard InChI is InChI=1S/C12H14N6OS/c1-19-8-4-5-9(11(13)14)10(6-8)20-12-15-16-17-18(12)7-2-3-7/h4-7H,2-3H2,1H3,(H3,13,14). The number of nitrogens with two attached hydrogens (primary N) is 1. The van der Waals surface area contributed by atoms with E-state index in [-0.39, 0.29) is 5.84 Å². The van der Waals surface area contributed by atoms with E-state index in [0.717, 1.165) is 17.7 Å². The molecule has 1 aliphatic carbocycles. The lowest BCUT2D eigenvalue weighted by Gasteiger charge is -2.09. The smallest absolute Gasteiger partial charge is 0.214 e. The lowest BCUT2D eigenvalue weighted by Crippen LogP contribution is -2.12. The Labute approximate surface area is 120 Å². The molecule has 20 heavy (non-hydrogen) atoms. The fourth-order valence-corrected chi connectivity index (χ4v) is 2.85. The largest absolute Gasteiger partial charge is 0.497 e. The number of hydrogen-bond acceptors (Lipinski definition) is 6. The molecule has 7 nitrogen and oxygen atoms in total. The van der Waals surface area contributed by atoms with Crippen molar-refractivity contribution in [2.24, 2.45) is 5.73 Å². The Balaban J connectivity index is 1.95. The number of nitrogens with zero attached hydrogens (tertiary/aromatic N) is 4. The number of aromatic nitrogens is 4. The van der Waals surface area contributed by atoms with Crippen LogP contribution < -0.4 is 10.5 Å². The minimum Gasteiger partial charge on any atom is -0.497 e. The summed E-state index contributed by atoms with van der Waals surface area (Å²) in [5.41, 5.74) is 6.27. The van der Waals surface area contributed by atoms with Crippen molar-refractivity contribution < 1.29 is 4.74 Å². The zero-order chi connectivity index (χ0) is 14.1. The van der Waals surface area contributed by atoms with Gasteiger partial charge < -0.3 is 10.5 Å². The molecule has 0 aliphatic heterocycles. The summed E-state index contributed by atoms with van der Waals surface area (Å²) in [6, 6.07) is 5.80. The number of hydrogen-bond donors (Lipinski definition) is 2. The van der Waals surface area contributed by atoms with Crippen LogP contribution in [0.25, 0.3) is 0 Å². The number of tetrazole rings is 1. The van der Waals surface area contributed by atoms with E-state index in [0.29, 0.717) is 22.5 Å². The number of methoxy groups -OCH3 is 1. The molecule has 3 N–H and O–H groups in total. The molecule has 3 rings (SSSR count). The first-order valence-corrected chi connectivity index (χ1v) is 6.99. The van der Waals surface area contributed by atoms with Gasteiger partial charge in [0.1, 0.15) is 11.6 Å². The molecular weight excluding hydrogens is 276 g/mol. The van der Waals surface area contributed by atoms with Crippen LogP contribution in [0.3, 0.4) is 0 Å². The van der Waals surface area contributed by atoms with Gasteiger partial charge in [-0.15, -0.1) is 5.10 Å². The SMILES string of the molecule is COc1ccc(C(=N)N)c(Sc2nnnn2C2CC2)c1. The average molecular weight is 290 g/mol. The lowest BCUT2D eigenvalue weighted by molar-refractivity contribution is 0.413. The maximum atomic E-state index is 7.65. The Morgan fingerprint density at radius 1 is 1.50 bits per heavy atom. The third kappa shape index (κ3) is 2.46. The van der Waals surface area contributed by atoms with Crippen LogP contribution in [-0.4, -0.2) is 33.2 Å². The minimum absolute atomic E-state index is 0.0144. The summed E-state index contributed by atoms with van der Waals surface area (Å²) in [6.45, 7) is 0. The van der Waals surface area contributed by atoms with Gasteiger partial charge in [-0.3, -0.25) is 5.41 Å². The van der Waals surface area contributed by atoms with Crippen molar-refractivity contribution >= 4 is 17.6 Å². The predicted molar refractivity (Wildman–Crippen MR) is 74.2 cm³/mol. The predicted octanol–water partition coefficient (Wildman–Crippen LogP) is 1.45. The van der Waals surface area contributed by atoms with Crippen LogP contribution in [-0.2, 0) is 0 Å². The maximum absolute atomic E-state index is 7.65. The molecule has 1 aromatic heterocycles. The third-order valence-electron chi connectivity index (χ3n) is 3.04. The van der Waals surface area contributed by atoms with Crippen molar-refractivity contribution in [2.75, 3.05) is 7.11 Å². The van der Waals surface area contributed by atoms with Gasteiger partial charge in [-0.2, -0.15) is 0 Å². The third-order valence-corrected chi connectivity index (χ3v) is 4.04. The van der Waals surface area contributed by atoms with E-state index < -0.39 is 0 Å². The van der Waals surface area contributed by atoms with E-state index in [2.05, 4.69) is 15.5 Å². The normalized spacial score (nSPS) is 14.2. The topological polar surface area (TPSA) is 103 Å². The molecular formula is C12H14N6OS. The van der Waals surface area contributed by atoms with Crippen LogP contribution in [0.15, 0.2) is 28.3 Å². The van der Waals surface area contributed by atoms with Gasteiger partial charge in [-0.1, -0.05) is 0 Å². The van der Waals surface area contributed by atoms with E-state index in [1.54, 1.807) is 19.2 Å². The lowest BCUT2D eigenvalue weighted by atomic mass is 10.2. The second-order valence-corrected chi connectivity index (χ2v) is 5.52. The molecule has 104 valence electrons. The molecule has 1 saturated carbocycles. The van der Waals surface area contributed by atoms with Gasteiger partial charge in [0, 0.05) is 10.5 Å². The molecule has 0 amide bonds. The van der Waals surface area contributed by atoms with Gasteiger partial charge in [-0.25, -0.2) is 4.68 Å². The molecule has 0 bridgehead atoms. The van der Waals surface area contributed by atoms with Crippen LogP contribution in [0.4, 0.5) is 0 Å². The second-order valence-electron chi connectivity index (χ2n) is 4.52. The van der Waals surface area contributed by atoms with Crippen molar-refractivity contribution in [1.29, 1.82) is 5.41 Å². The van der Waals surface area contributed by atoms with Crippen LogP contribution >= 0.6 is 11.8 Å². The molecule has 0 atom stereocenters. The number of nitrogens with one attached hydrogen (secondary N) is 1. The van der Waals surface area contributed by atoms with Gasteiger partial charge in [0.15, 0.2) is 0 Å². The molecule has 0 saturated heterocycles. The quantitative estimate of drug-likeness (QED) is 0.638. The molecule has 0 radical (unpaired) electrons. The van der Waals surface area contributed by atoms with Gasteiger partial charge in [-0.05, 0) is 53.2 Å². The number of amidine groups is 1. The minimum atomic E-state index is 0.0144. The highest BCUT2D eigenvalue weighted by Gasteiger charge is 2.28. The van der Waals surface area contributed by atoms with E-state index in [1.165, 1.54) is 11.8 Å². The maximum Gasteiger partial charge on any atom is 0.214 e. The molecule has 0 spiro atoms. The van der Waals surface area contributed by atoms with Gasteiger partial charge in [0.05, 0.1) is 13.2 Å². The summed E-state index contributed by atoms with van der Waals surface area (Å²) in [4.78, 5) is 0.813. The number of nitrogen functional groups attached to an aromatic ring is 1. The van der Waals surface area contributed by atoms with Crippen LogP contribution in [0, 0.1) is 5.41 Å². The molecule has 0 unspecified atom stereocenters. The van der Waals surface area contributed by atoms with Gasteiger partial charge >= 0.3 is 0 Å². The Morgan fingerprint density at radius 2 is 2.30 bits per heavy atom. The van der Waals surface area contributed by atoms with Crippen molar-refractivity contribution in [3.63, 3.8) is 0 Å². The highest BCUT2D eigenvalue weighted by Crippen LogP contribution is 2.39. The highest BCUT2D eigenvalue weighted by molar-refractivity contribution is 7.99. The van der Waals surface area contributed by atoms with Crippen LogP contribution in [0.1, 0.15) is 24.4 Å². The summed E-state index contributed by atoms with van der Waals surface area (Å²) < 4.78 is 7.04. The van der Waals surface area contributed by atoms with E-state index in [1.807, 2.05) is 10.7 Å². The summed E-state index contributed by atoms with van der Waals surface area (Å²) in [5, 5.41) is 20.1. The molecule has 1 aromatic carbocycles. The average Bonchev–Trinajstić information content (AvgIpc) is 3.19. The zero-order valence-corrected chi connectivity index (χ0v) is 11.7. The molecule has 2 aromatic rings. The first-order valence-electron chi connectivity index (χ1n) is 6.17. The van der Waals surface area contributed by atoms with Gasteiger partial charge in [0.25, 0.3) is 0 Å². The molecule has 8 heteroatoms. The van der Waals surface area contributed by atoms with Gasteiger partial charge in [0.2, 0.25) is 5.16 Å². The zero-order valence-electron chi connectivity index (χ0n) is 10.9. The highest BCUT2D eigenvalue weighted by atomic mass is 32.2. The van der Waals surface area contributed by atoms with Crippen LogP contribution in [0.5, 0.6) is 5.75 Å².